The number of fused-ring (bicyclic) bond motifs is 1. The monoisotopic (exact) mass is 438 g/mol. The predicted octanol–water partition coefficient (Wildman–Crippen LogP) is -1.12. The number of hydrogen-bond donors (Lipinski definition) is 3. The first-order valence-electron chi connectivity index (χ1n) is 10.7. The van der Waals surface area contributed by atoms with E-state index in [0.29, 0.717) is 0 Å². The number of hydrogen-bond acceptors (Lipinski definition) is 10. The minimum absolute atomic E-state index is 0.426. The van der Waals surface area contributed by atoms with Gasteiger partial charge in [-0.15, -0.1) is 0 Å². The predicted molar refractivity (Wildman–Crippen MR) is 96.6 cm³/mol. The Morgan fingerprint density at radius 3 is 2.19 bits per heavy atom. The zero-order valence-electron chi connectivity index (χ0n) is 17.8. The van der Waals surface area contributed by atoms with Crippen LogP contribution in [-0.4, -0.2) is 75.1 Å². The van der Waals surface area contributed by atoms with Gasteiger partial charge in [0, 0.05) is 0 Å². The second-order valence-electron chi connectivity index (χ2n) is 11.2. The van der Waals surface area contributed by atoms with Crippen LogP contribution in [0.5, 0.6) is 0 Å². The van der Waals surface area contributed by atoms with Gasteiger partial charge in [0.15, 0.2) is 17.8 Å². The van der Waals surface area contributed by atoms with E-state index in [2.05, 4.69) is 0 Å². The molecule has 6 aliphatic rings. The van der Waals surface area contributed by atoms with Crippen molar-refractivity contribution in [3.05, 3.63) is 0 Å². The lowest BCUT2D eigenvalue weighted by molar-refractivity contribution is -0.240. The number of ether oxygens (including phenoxy) is 4. The summed E-state index contributed by atoms with van der Waals surface area (Å²) in [5.74, 6) is -4.79. The third-order valence-corrected chi connectivity index (χ3v) is 9.30. The van der Waals surface area contributed by atoms with Gasteiger partial charge in [-0.3, -0.25) is 4.79 Å². The van der Waals surface area contributed by atoms with E-state index in [1.807, 2.05) is 27.7 Å². The molecule has 10 heteroatoms. The number of rotatable bonds is 0. The quantitative estimate of drug-likeness (QED) is 0.313. The standard InChI is InChI=1S/C21H26O10/c1-6-8(17(3,4)5)18-10(23)14(25)30-16(18)31-21-15(26)29-11(6)19(18,21)9(22)12-20(21,27)7(2)13(24)28-12/h6-12,16,22-23,27H,1-5H3/t6-,7+,8-,9-,10-,11?,12-,16?,18?,19?,20+,21-/m0/s1. The van der Waals surface area contributed by atoms with Crippen LogP contribution in [0.3, 0.4) is 0 Å². The van der Waals surface area contributed by atoms with E-state index < -0.39 is 93.8 Å². The molecule has 170 valence electrons. The number of esters is 3. The molecule has 0 aromatic rings. The van der Waals surface area contributed by atoms with Crippen molar-refractivity contribution in [2.75, 3.05) is 0 Å². The van der Waals surface area contributed by atoms with Crippen LogP contribution in [0, 0.1) is 34.0 Å². The van der Waals surface area contributed by atoms with E-state index in [-0.39, 0.29) is 0 Å². The zero-order chi connectivity index (χ0) is 22.7. The van der Waals surface area contributed by atoms with Crippen LogP contribution in [0.4, 0.5) is 0 Å². The summed E-state index contributed by atoms with van der Waals surface area (Å²) in [4.78, 5) is 38.6. The Hall–Kier alpha value is -1.75. The van der Waals surface area contributed by atoms with E-state index in [1.54, 1.807) is 0 Å². The van der Waals surface area contributed by atoms with Gasteiger partial charge in [0.2, 0.25) is 11.9 Å². The molecular weight excluding hydrogens is 412 g/mol. The van der Waals surface area contributed by atoms with Gasteiger partial charge in [-0.2, -0.15) is 0 Å². The molecule has 12 atom stereocenters. The Morgan fingerprint density at radius 2 is 1.58 bits per heavy atom. The molecule has 2 saturated carbocycles. The van der Waals surface area contributed by atoms with Crippen molar-refractivity contribution in [3.8, 4) is 0 Å². The molecule has 2 aliphatic carbocycles. The molecule has 0 aromatic heterocycles. The van der Waals surface area contributed by atoms with Crippen molar-refractivity contribution in [2.45, 2.75) is 76.5 Å². The Kier molecular flexibility index (Phi) is 3.16. The molecule has 4 saturated heterocycles. The lowest BCUT2D eigenvalue weighted by atomic mass is 9.50. The van der Waals surface area contributed by atoms with Gasteiger partial charge < -0.3 is 34.3 Å². The van der Waals surface area contributed by atoms with Gasteiger partial charge in [0.1, 0.15) is 12.2 Å². The molecule has 4 heterocycles. The third-order valence-electron chi connectivity index (χ3n) is 9.30. The fraction of sp³-hybridized carbons (Fsp3) is 0.857. The van der Waals surface area contributed by atoms with Gasteiger partial charge in [-0.25, -0.2) is 9.59 Å². The molecule has 0 radical (unpaired) electrons. The van der Waals surface area contributed by atoms with Crippen molar-refractivity contribution in [2.24, 2.45) is 34.0 Å². The highest BCUT2D eigenvalue weighted by Gasteiger charge is 3.04. The molecule has 6 rings (SSSR count). The normalized spacial score (nSPS) is 61.0. The van der Waals surface area contributed by atoms with E-state index >= 15 is 0 Å². The molecule has 3 N–H and O–H groups in total. The second-order valence-corrected chi connectivity index (χ2v) is 11.2. The van der Waals surface area contributed by atoms with Crippen molar-refractivity contribution in [1.29, 1.82) is 0 Å². The van der Waals surface area contributed by atoms with Crippen LogP contribution in [0.15, 0.2) is 0 Å². The van der Waals surface area contributed by atoms with Crippen molar-refractivity contribution in [1.82, 2.24) is 0 Å². The summed E-state index contributed by atoms with van der Waals surface area (Å²) in [6.07, 6.45) is -7.23. The summed E-state index contributed by atoms with van der Waals surface area (Å²) in [6, 6.07) is 0. The Morgan fingerprint density at radius 1 is 0.935 bits per heavy atom. The Labute approximate surface area is 177 Å². The van der Waals surface area contributed by atoms with Gasteiger partial charge in [-0.05, 0) is 24.2 Å². The van der Waals surface area contributed by atoms with E-state index in [4.69, 9.17) is 18.9 Å². The molecule has 0 amide bonds. The summed E-state index contributed by atoms with van der Waals surface area (Å²) in [5, 5.41) is 35.0. The zero-order valence-corrected chi connectivity index (χ0v) is 17.8. The van der Waals surface area contributed by atoms with Crippen LogP contribution < -0.4 is 0 Å². The van der Waals surface area contributed by atoms with E-state index in [0.717, 1.165) is 0 Å². The maximum atomic E-state index is 13.5. The van der Waals surface area contributed by atoms with E-state index in [9.17, 15) is 29.7 Å². The summed E-state index contributed by atoms with van der Waals surface area (Å²) in [7, 11) is 0. The maximum absolute atomic E-state index is 13.5. The summed E-state index contributed by atoms with van der Waals surface area (Å²) in [5.41, 5.74) is -8.38. The largest absolute Gasteiger partial charge is 0.459 e. The Balaban J connectivity index is 1.75. The molecule has 4 unspecified atom stereocenters. The number of carbonyl (C=O) groups excluding carboxylic acids is 3. The van der Waals surface area contributed by atoms with Crippen molar-refractivity contribution < 1.29 is 48.7 Å². The second kappa shape index (κ2) is 4.93. The SMILES string of the molecule is C[C@@H]1C2OC(=O)[C@]34OC5OC(=O)[C@H](O)C5([C@@H]1C(C)(C)C)C23[C@@H](O)[C@@H]1OC(=O)[C@@H](C)[C@@]14O. The Bertz CT molecular complexity index is 956. The molecule has 4 aliphatic heterocycles. The fourth-order valence-electron chi connectivity index (χ4n) is 8.88. The highest BCUT2D eigenvalue weighted by Crippen LogP contribution is 2.85. The van der Waals surface area contributed by atoms with Crippen molar-refractivity contribution in [3.63, 3.8) is 0 Å². The smallest absolute Gasteiger partial charge is 0.343 e. The molecule has 6 fully saturated rings. The molecule has 10 nitrogen and oxygen atoms in total. The summed E-state index contributed by atoms with van der Waals surface area (Å²) < 4.78 is 22.8. The summed E-state index contributed by atoms with van der Waals surface area (Å²) in [6.45, 7) is 9.01. The van der Waals surface area contributed by atoms with Crippen LogP contribution in [0.1, 0.15) is 34.6 Å². The lowest BCUT2D eigenvalue weighted by Crippen LogP contribution is -2.67. The highest BCUT2D eigenvalue weighted by molar-refractivity contribution is 5.94. The highest BCUT2D eigenvalue weighted by atomic mass is 16.8. The maximum Gasteiger partial charge on any atom is 0.343 e. The van der Waals surface area contributed by atoms with E-state index in [1.165, 1.54) is 6.92 Å². The first kappa shape index (κ1) is 19.9. The first-order chi connectivity index (χ1) is 14.3. The molecule has 0 bridgehead atoms. The minimum atomic E-state index is -2.26. The van der Waals surface area contributed by atoms with Gasteiger partial charge >= 0.3 is 17.9 Å². The molecule has 31 heavy (non-hydrogen) atoms. The van der Waals surface area contributed by atoms with Crippen LogP contribution in [0.2, 0.25) is 0 Å². The molecule has 0 aromatic carbocycles. The van der Waals surface area contributed by atoms with Crippen LogP contribution in [0.25, 0.3) is 0 Å². The molecular formula is C21H26O10. The average Bonchev–Trinajstić information content (AvgIpc) is 3.35. The average molecular weight is 438 g/mol. The number of carbonyl (C=O) groups is 3. The summed E-state index contributed by atoms with van der Waals surface area (Å²) >= 11 is 0. The topological polar surface area (TPSA) is 149 Å². The van der Waals surface area contributed by atoms with Gasteiger partial charge in [0.25, 0.3) is 0 Å². The first-order valence-corrected chi connectivity index (χ1v) is 10.7. The molecule has 2 spiro atoms. The number of aliphatic hydroxyl groups excluding tert-OH is 2. The van der Waals surface area contributed by atoms with Crippen molar-refractivity contribution >= 4 is 17.9 Å². The third kappa shape index (κ3) is 1.44. The van der Waals surface area contributed by atoms with Crippen LogP contribution in [-0.2, 0) is 33.3 Å². The lowest BCUT2D eigenvalue weighted by Gasteiger charge is -2.47. The minimum Gasteiger partial charge on any atom is -0.459 e. The van der Waals surface area contributed by atoms with Gasteiger partial charge in [-0.1, -0.05) is 27.7 Å². The number of aliphatic hydroxyl groups is 3. The fourth-order valence-corrected chi connectivity index (χ4v) is 8.88. The van der Waals surface area contributed by atoms with Gasteiger partial charge in [0.05, 0.1) is 16.7 Å². The van der Waals surface area contributed by atoms with Crippen LogP contribution >= 0.6 is 0 Å².